The molecule has 1 unspecified atom stereocenters. The fourth-order valence-electron chi connectivity index (χ4n) is 2.18. The Morgan fingerprint density at radius 1 is 1.05 bits per heavy atom. The molecule has 0 amide bonds. The number of nitrogens with one attached hydrogen (secondary N) is 1. The average molecular weight is 273 g/mol. The van der Waals surface area contributed by atoms with Crippen molar-refractivity contribution in [3.05, 3.63) is 65.5 Å². The molecule has 2 aromatic carbocycles. The fourth-order valence-corrected chi connectivity index (χ4v) is 2.18. The van der Waals surface area contributed by atoms with E-state index < -0.39 is 0 Å². The molecule has 106 valence electrons. The highest BCUT2D eigenvalue weighted by atomic mass is 19.1. The summed E-state index contributed by atoms with van der Waals surface area (Å²) in [7, 11) is 1.66. The quantitative estimate of drug-likeness (QED) is 0.856. The summed E-state index contributed by atoms with van der Waals surface area (Å²) >= 11 is 0. The average Bonchev–Trinajstić information content (AvgIpc) is 2.50. The van der Waals surface area contributed by atoms with Crippen LogP contribution in [0, 0.1) is 5.82 Å². The van der Waals surface area contributed by atoms with E-state index in [1.807, 2.05) is 36.4 Å². The SMILES string of the molecule is CCC(NCc1ccc(OC)cc1)c1ccc(F)cc1. The van der Waals surface area contributed by atoms with Crippen LogP contribution in [0.3, 0.4) is 0 Å². The number of rotatable bonds is 6. The smallest absolute Gasteiger partial charge is 0.123 e. The number of halogens is 1. The molecule has 0 heterocycles. The third kappa shape index (κ3) is 3.81. The molecular weight excluding hydrogens is 253 g/mol. The Kier molecular flexibility index (Phi) is 5.13. The van der Waals surface area contributed by atoms with E-state index in [2.05, 4.69) is 12.2 Å². The third-order valence-corrected chi connectivity index (χ3v) is 3.39. The van der Waals surface area contributed by atoms with Crippen molar-refractivity contribution in [1.82, 2.24) is 5.32 Å². The number of benzene rings is 2. The van der Waals surface area contributed by atoms with Crippen LogP contribution in [0.5, 0.6) is 5.75 Å². The van der Waals surface area contributed by atoms with Gasteiger partial charge in [-0.3, -0.25) is 0 Å². The standard InChI is InChI=1S/C17H20FNO/c1-3-17(14-6-8-15(18)9-7-14)19-12-13-4-10-16(20-2)11-5-13/h4-11,17,19H,3,12H2,1-2H3. The van der Waals surface area contributed by atoms with Gasteiger partial charge in [-0.05, 0) is 41.8 Å². The van der Waals surface area contributed by atoms with Crippen LogP contribution in [0.4, 0.5) is 4.39 Å². The van der Waals surface area contributed by atoms with Crippen LogP contribution in [0.1, 0.15) is 30.5 Å². The number of hydrogen-bond donors (Lipinski definition) is 1. The number of methoxy groups -OCH3 is 1. The maximum atomic E-state index is 12.9. The summed E-state index contributed by atoms with van der Waals surface area (Å²) in [6, 6.07) is 14.9. The predicted molar refractivity (Wildman–Crippen MR) is 79.3 cm³/mol. The molecule has 1 atom stereocenters. The van der Waals surface area contributed by atoms with E-state index in [0.717, 1.165) is 24.3 Å². The van der Waals surface area contributed by atoms with Crippen molar-refractivity contribution in [2.24, 2.45) is 0 Å². The van der Waals surface area contributed by atoms with Gasteiger partial charge in [0.15, 0.2) is 0 Å². The summed E-state index contributed by atoms with van der Waals surface area (Å²) in [5.41, 5.74) is 2.31. The van der Waals surface area contributed by atoms with Crippen molar-refractivity contribution in [2.45, 2.75) is 25.9 Å². The van der Waals surface area contributed by atoms with E-state index in [1.165, 1.54) is 17.7 Å². The van der Waals surface area contributed by atoms with Crippen LogP contribution >= 0.6 is 0 Å². The summed E-state index contributed by atoms with van der Waals surface area (Å²) < 4.78 is 18.1. The molecule has 0 aliphatic rings. The Morgan fingerprint density at radius 3 is 2.25 bits per heavy atom. The first-order valence-corrected chi connectivity index (χ1v) is 6.84. The Bertz CT molecular complexity index is 522. The highest BCUT2D eigenvalue weighted by Gasteiger charge is 2.08. The fraction of sp³-hybridized carbons (Fsp3) is 0.294. The lowest BCUT2D eigenvalue weighted by atomic mass is 10.0. The molecule has 1 N–H and O–H groups in total. The molecule has 0 saturated heterocycles. The van der Waals surface area contributed by atoms with Gasteiger partial charge in [0, 0.05) is 12.6 Å². The van der Waals surface area contributed by atoms with Gasteiger partial charge in [-0.25, -0.2) is 4.39 Å². The van der Waals surface area contributed by atoms with Crippen LogP contribution in [-0.2, 0) is 6.54 Å². The zero-order chi connectivity index (χ0) is 14.4. The van der Waals surface area contributed by atoms with Crippen molar-refractivity contribution in [3.63, 3.8) is 0 Å². The topological polar surface area (TPSA) is 21.3 Å². The van der Waals surface area contributed by atoms with Crippen LogP contribution < -0.4 is 10.1 Å². The lowest BCUT2D eigenvalue weighted by molar-refractivity contribution is 0.414. The minimum atomic E-state index is -0.196. The first-order chi connectivity index (χ1) is 9.72. The third-order valence-electron chi connectivity index (χ3n) is 3.39. The van der Waals surface area contributed by atoms with Crippen molar-refractivity contribution in [3.8, 4) is 5.75 Å². The van der Waals surface area contributed by atoms with Crippen molar-refractivity contribution < 1.29 is 9.13 Å². The Morgan fingerprint density at radius 2 is 1.70 bits per heavy atom. The monoisotopic (exact) mass is 273 g/mol. The molecule has 0 spiro atoms. The van der Waals surface area contributed by atoms with Crippen molar-refractivity contribution in [2.75, 3.05) is 7.11 Å². The maximum absolute atomic E-state index is 12.9. The summed E-state index contributed by atoms with van der Waals surface area (Å²) in [6.45, 7) is 2.90. The zero-order valence-corrected chi connectivity index (χ0v) is 11.9. The second-order valence-electron chi connectivity index (χ2n) is 4.74. The van der Waals surface area contributed by atoms with Gasteiger partial charge >= 0.3 is 0 Å². The summed E-state index contributed by atoms with van der Waals surface area (Å²) in [5, 5.41) is 3.50. The highest BCUT2D eigenvalue weighted by Crippen LogP contribution is 2.18. The summed E-state index contributed by atoms with van der Waals surface area (Å²) in [5.74, 6) is 0.665. The van der Waals surface area contributed by atoms with Crippen molar-refractivity contribution in [1.29, 1.82) is 0 Å². The molecule has 3 heteroatoms. The molecule has 0 aromatic heterocycles. The van der Waals surface area contributed by atoms with Gasteiger partial charge in [0.05, 0.1) is 7.11 Å². The lowest BCUT2D eigenvalue weighted by Crippen LogP contribution is -2.20. The van der Waals surface area contributed by atoms with Gasteiger partial charge in [0.25, 0.3) is 0 Å². The van der Waals surface area contributed by atoms with E-state index in [1.54, 1.807) is 7.11 Å². The predicted octanol–water partition coefficient (Wildman–Crippen LogP) is 4.08. The molecule has 0 aliphatic heterocycles. The largest absolute Gasteiger partial charge is 0.497 e. The van der Waals surface area contributed by atoms with Crippen LogP contribution in [0.15, 0.2) is 48.5 Å². The molecule has 0 radical (unpaired) electrons. The Labute approximate surface area is 119 Å². The summed E-state index contributed by atoms with van der Waals surface area (Å²) in [6.07, 6.45) is 0.960. The normalized spacial score (nSPS) is 12.2. The van der Waals surface area contributed by atoms with Crippen LogP contribution in [0.2, 0.25) is 0 Å². The van der Waals surface area contributed by atoms with Crippen LogP contribution in [0.25, 0.3) is 0 Å². The van der Waals surface area contributed by atoms with E-state index in [4.69, 9.17) is 4.74 Å². The highest BCUT2D eigenvalue weighted by molar-refractivity contribution is 5.27. The second-order valence-corrected chi connectivity index (χ2v) is 4.74. The Balaban J connectivity index is 1.97. The molecule has 0 aliphatic carbocycles. The van der Waals surface area contributed by atoms with Gasteiger partial charge in [-0.2, -0.15) is 0 Å². The minimum Gasteiger partial charge on any atom is -0.497 e. The Hall–Kier alpha value is -1.87. The number of hydrogen-bond acceptors (Lipinski definition) is 2. The van der Waals surface area contributed by atoms with Gasteiger partial charge in [-0.15, -0.1) is 0 Å². The first kappa shape index (κ1) is 14.5. The molecule has 0 bridgehead atoms. The number of ether oxygens (including phenoxy) is 1. The van der Waals surface area contributed by atoms with Gasteiger partial charge in [0.1, 0.15) is 11.6 Å². The van der Waals surface area contributed by atoms with E-state index in [0.29, 0.717) is 0 Å². The molecule has 0 fully saturated rings. The molecule has 2 nitrogen and oxygen atoms in total. The first-order valence-electron chi connectivity index (χ1n) is 6.84. The van der Waals surface area contributed by atoms with E-state index in [9.17, 15) is 4.39 Å². The van der Waals surface area contributed by atoms with Gasteiger partial charge < -0.3 is 10.1 Å². The maximum Gasteiger partial charge on any atom is 0.123 e. The molecule has 2 aromatic rings. The minimum absolute atomic E-state index is 0.196. The van der Waals surface area contributed by atoms with Crippen LogP contribution in [-0.4, -0.2) is 7.11 Å². The van der Waals surface area contributed by atoms with Crippen molar-refractivity contribution >= 4 is 0 Å². The molecule has 0 saturated carbocycles. The van der Waals surface area contributed by atoms with E-state index >= 15 is 0 Å². The van der Waals surface area contributed by atoms with Gasteiger partial charge in [0.2, 0.25) is 0 Å². The molecule has 2 rings (SSSR count). The zero-order valence-electron chi connectivity index (χ0n) is 11.9. The van der Waals surface area contributed by atoms with Gasteiger partial charge in [-0.1, -0.05) is 31.2 Å². The second kappa shape index (κ2) is 7.06. The molecular formula is C17H20FNO. The molecule has 20 heavy (non-hydrogen) atoms. The lowest BCUT2D eigenvalue weighted by Gasteiger charge is -2.17. The summed E-state index contributed by atoms with van der Waals surface area (Å²) in [4.78, 5) is 0. The van der Waals surface area contributed by atoms with E-state index in [-0.39, 0.29) is 11.9 Å².